The van der Waals surface area contributed by atoms with Gasteiger partial charge >= 0.3 is 0 Å². The molecule has 0 spiro atoms. The molecule has 0 atom stereocenters. The zero-order valence-corrected chi connectivity index (χ0v) is 10.6. The molecule has 4 heteroatoms. The maximum absolute atomic E-state index is 5.29. The van der Waals surface area contributed by atoms with Crippen LogP contribution < -0.4 is 4.74 Å². The van der Waals surface area contributed by atoms with Gasteiger partial charge in [-0.3, -0.25) is 0 Å². The lowest BCUT2D eigenvalue weighted by Crippen LogP contribution is -1.84. The Bertz CT molecular complexity index is 452. The summed E-state index contributed by atoms with van der Waals surface area (Å²) < 4.78 is 7.49. The van der Waals surface area contributed by atoms with E-state index in [1.807, 2.05) is 18.3 Å². The number of hydrogen-bond acceptors (Lipinski definition) is 1. The van der Waals surface area contributed by atoms with Crippen molar-refractivity contribution >= 4 is 49.4 Å². The number of hydrogen-bond donors (Lipinski definition) is 1. The van der Waals surface area contributed by atoms with Crippen molar-refractivity contribution in [3.05, 3.63) is 26.4 Å². The number of aromatic amines is 1. The predicted molar refractivity (Wildman–Crippen MR) is 65.3 cm³/mol. The fourth-order valence-electron chi connectivity index (χ4n) is 1.32. The van der Waals surface area contributed by atoms with Crippen LogP contribution in [0.3, 0.4) is 0 Å². The van der Waals surface area contributed by atoms with E-state index in [1.165, 1.54) is 3.57 Å². The molecule has 0 saturated carbocycles. The molecule has 0 unspecified atom stereocenters. The molecule has 0 aliphatic rings. The Kier molecular flexibility index (Phi) is 2.51. The molecule has 0 radical (unpaired) electrons. The van der Waals surface area contributed by atoms with Crippen molar-refractivity contribution in [3.63, 3.8) is 0 Å². The van der Waals surface area contributed by atoms with Crippen LogP contribution in [0.25, 0.3) is 10.9 Å². The van der Waals surface area contributed by atoms with Gasteiger partial charge in [0.1, 0.15) is 5.75 Å². The molecule has 1 aromatic carbocycles. The number of methoxy groups -OCH3 is 1. The second-order valence-corrected chi connectivity index (χ2v) is 4.75. The first-order valence-electron chi connectivity index (χ1n) is 3.72. The lowest BCUT2D eigenvalue weighted by Gasteiger charge is -2.02. The number of nitrogens with one attached hydrogen (secondary N) is 1. The molecule has 2 aromatic rings. The van der Waals surface area contributed by atoms with E-state index in [0.29, 0.717) is 0 Å². The van der Waals surface area contributed by atoms with Crippen molar-refractivity contribution in [1.82, 2.24) is 4.98 Å². The smallest absolute Gasteiger partial charge is 0.130 e. The summed E-state index contributed by atoms with van der Waals surface area (Å²) in [4.78, 5) is 3.19. The van der Waals surface area contributed by atoms with Crippen LogP contribution in [-0.4, -0.2) is 12.1 Å². The molecule has 0 aliphatic carbocycles. The number of rotatable bonds is 1. The Balaban J connectivity index is 2.85. The molecule has 0 bridgehead atoms. The summed E-state index contributed by atoms with van der Waals surface area (Å²) in [5, 5.41) is 1.14. The van der Waals surface area contributed by atoms with E-state index in [2.05, 4.69) is 43.5 Å². The number of aromatic nitrogens is 1. The second kappa shape index (κ2) is 3.49. The van der Waals surface area contributed by atoms with Gasteiger partial charge in [-0.1, -0.05) is 15.9 Å². The highest BCUT2D eigenvalue weighted by molar-refractivity contribution is 14.1. The molecule has 1 N–H and O–H groups in total. The standard InChI is InChI=1S/C9H7BrINO/c1-13-8-3-5(10)2-7-9(8)6(11)4-12-7/h2-4,12H,1H3. The first-order chi connectivity index (χ1) is 6.22. The molecule has 1 heterocycles. The van der Waals surface area contributed by atoms with Gasteiger partial charge in [0, 0.05) is 14.2 Å². The minimum absolute atomic E-state index is 0.898. The van der Waals surface area contributed by atoms with E-state index < -0.39 is 0 Å². The Labute approximate surface area is 97.9 Å². The van der Waals surface area contributed by atoms with Gasteiger partial charge in [-0.2, -0.15) is 0 Å². The quantitative estimate of drug-likeness (QED) is 0.781. The second-order valence-electron chi connectivity index (χ2n) is 2.67. The predicted octanol–water partition coefficient (Wildman–Crippen LogP) is 3.54. The van der Waals surface area contributed by atoms with Crippen molar-refractivity contribution in [3.8, 4) is 5.75 Å². The minimum Gasteiger partial charge on any atom is -0.496 e. The molecule has 2 nitrogen and oxygen atoms in total. The summed E-state index contributed by atoms with van der Waals surface area (Å²) in [5.74, 6) is 0.898. The van der Waals surface area contributed by atoms with Crippen molar-refractivity contribution in [2.45, 2.75) is 0 Å². The average molecular weight is 352 g/mol. The Morgan fingerprint density at radius 1 is 1.46 bits per heavy atom. The fourth-order valence-corrected chi connectivity index (χ4v) is 2.47. The normalized spacial score (nSPS) is 10.7. The van der Waals surface area contributed by atoms with Crippen LogP contribution in [0.15, 0.2) is 22.8 Å². The van der Waals surface area contributed by atoms with E-state index in [1.54, 1.807) is 7.11 Å². The van der Waals surface area contributed by atoms with Gasteiger partial charge in [0.25, 0.3) is 0 Å². The number of fused-ring (bicyclic) bond motifs is 1. The summed E-state index contributed by atoms with van der Waals surface area (Å²) >= 11 is 5.72. The summed E-state index contributed by atoms with van der Waals surface area (Å²) in [7, 11) is 1.68. The first kappa shape index (κ1) is 9.33. The number of ether oxygens (including phenoxy) is 1. The van der Waals surface area contributed by atoms with Gasteiger partial charge in [0.2, 0.25) is 0 Å². The molecule has 68 valence electrons. The molecule has 0 amide bonds. The first-order valence-corrected chi connectivity index (χ1v) is 5.59. The topological polar surface area (TPSA) is 25.0 Å². The highest BCUT2D eigenvalue weighted by Crippen LogP contribution is 2.32. The van der Waals surface area contributed by atoms with Crippen molar-refractivity contribution in [1.29, 1.82) is 0 Å². The van der Waals surface area contributed by atoms with Gasteiger partial charge < -0.3 is 9.72 Å². The van der Waals surface area contributed by atoms with E-state index >= 15 is 0 Å². The monoisotopic (exact) mass is 351 g/mol. The van der Waals surface area contributed by atoms with Crippen LogP contribution in [0, 0.1) is 3.57 Å². The zero-order valence-electron chi connectivity index (χ0n) is 6.90. The van der Waals surface area contributed by atoms with Crippen molar-refractivity contribution < 1.29 is 4.74 Å². The van der Waals surface area contributed by atoms with E-state index in [4.69, 9.17) is 4.74 Å². The highest BCUT2D eigenvalue weighted by atomic mass is 127. The highest BCUT2D eigenvalue weighted by Gasteiger charge is 2.07. The third-order valence-electron chi connectivity index (χ3n) is 1.88. The maximum Gasteiger partial charge on any atom is 0.130 e. The molecule has 2 rings (SSSR count). The van der Waals surface area contributed by atoms with Crippen LogP contribution in [0.1, 0.15) is 0 Å². The van der Waals surface area contributed by atoms with Gasteiger partial charge in [-0.25, -0.2) is 0 Å². The summed E-state index contributed by atoms with van der Waals surface area (Å²) in [6.45, 7) is 0. The number of halogens is 2. The molecule has 0 fully saturated rings. The lowest BCUT2D eigenvalue weighted by atomic mass is 10.2. The van der Waals surface area contributed by atoms with Crippen LogP contribution in [-0.2, 0) is 0 Å². The molecule has 13 heavy (non-hydrogen) atoms. The van der Waals surface area contributed by atoms with Gasteiger partial charge in [0.05, 0.1) is 18.0 Å². The summed E-state index contributed by atoms with van der Waals surface area (Å²) in [6.07, 6.45) is 1.97. The molecular formula is C9H7BrINO. The van der Waals surface area contributed by atoms with Crippen LogP contribution in [0.5, 0.6) is 5.75 Å². The number of H-pyrrole nitrogens is 1. The lowest BCUT2D eigenvalue weighted by molar-refractivity contribution is 0.419. The third-order valence-corrected chi connectivity index (χ3v) is 3.19. The van der Waals surface area contributed by atoms with Gasteiger partial charge in [-0.15, -0.1) is 0 Å². The Morgan fingerprint density at radius 2 is 2.23 bits per heavy atom. The van der Waals surface area contributed by atoms with Crippen molar-refractivity contribution in [2.24, 2.45) is 0 Å². The van der Waals surface area contributed by atoms with Crippen molar-refractivity contribution in [2.75, 3.05) is 7.11 Å². The largest absolute Gasteiger partial charge is 0.496 e. The molecule has 0 saturated heterocycles. The third kappa shape index (κ3) is 1.57. The molecule has 1 aromatic heterocycles. The van der Waals surface area contributed by atoms with Gasteiger partial charge in [0.15, 0.2) is 0 Å². The number of benzene rings is 1. The minimum atomic E-state index is 0.898. The summed E-state index contributed by atoms with van der Waals surface area (Å²) in [6, 6.07) is 4.01. The van der Waals surface area contributed by atoms with E-state index in [9.17, 15) is 0 Å². The van der Waals surface area contributed by atoms with E-state index in [0.717, 1.165) is 21.1 Å². The molecular weight excluding hydrogens is 345 g/mol. The van der Waals surface area contributed by atoms with Crippen LogP contribution >= 0.6 is 38.5 Å². The molecule has 0 aliphatic heterocycles. The van der Waals surface area contributed by atoms with Crippen LogP contribution in [0.4, 0.5) is 0 Å². The van der Waals surface area contributed by atoms with E-state index in [-0.39, 0.29) is 0 Å². The average Bonchev–Trinajstić information content (AvgIpc) is 2.46. The van der Waals surface area contributed by atoms with Gasteiger partial charge in [-0.05, 0) is 34.7 Å². The zero-order chi connectivity index (χ0) is 9.42. The summed E-state index contributed by atoms with van der Waals surface area (Å²) in [5.41, 5.74) is 1.09. The SMILES string of the molecule is COc1cc(Br)cc2[nH]cc(I)c12. The Morgan fingerprint density at radius 3 is 2.92 bits per heavy atom. The maximum atomic E-state index is 5.29. The Hall–Kier alpha value is -0.230. The van der Waals surface area contributed by atoms with Crippen LogP contribution in [0.2, 0.25) is 0 Å². The fraction of sp³-hybridized carbons (Fsp3) is 0.111.